The molecule has 182 valence electrons. The molecule has 0 saturated carbocycles. The van der Waals surface area contributed by atoms with Crippen LogP contribution in [-0.2, 0) is 22.4 Å². The van der Waals surface area contributed by atoms with Gasteiger partial charge in [0, 0.05) is 44.5 Å². The van der Waals surface area contributed by atoms with Gasteiger partial charge in [-0.05, 0) is 79.7 Å². The molecule has 1 unspecified atom stereocenters. The lowest BCUT2D eigenvalue weighted by Gasteiger charge is -2.34. The van der Waals surface area contributed by atoms with Crippen LogP contribution >= 0.6 is 0 Å². The number of carbonyl (C=O) groups is 2. The van der Waals surface area contributed by atoms with Crippen molar-refractivity contribution in [2.45, 2.75) is 57.3 Å². The summed E-state index contributed by atoms with van der Waals surface area (Å²) in [5.74, 6) is 0.822. The van der Waals surface area contributed by atoms with E-state index < -0.39 is 5.97 Å². The highest BCUT2D eigenvalue weighted by Crippen LogP contribution is 2.33. The number of nitrogens with one attached hydrogen (secondary N) is 2. The van der Waals surface area contributed by atoms with E-state index in [1.54, 1.807) is 0 Å². The second-order valence-electron chi connectivity index (χ2n) is 9.57. The number of rotatable bonds is 9. The minimum absolute atomic E-state index is 0.0123. The molecular weight excluding hydrogens is 428 g/mol. The molecule has 2 aliphatic heterocycles. The van der Waals surface area contributed by atoms with E-state index in [1.165, 1.54) is 5.56 Å². The number of nitrogens with zero attached hydrogens (tertiary/aromatic N) is 2. The van der Waals surface area contributed by atoms with Gasteiger partial charge in [0.1, 0.15) is 5.82 Å². The van der Waals surface area contributed by atoms with Crippen LogP contribution in [0, 0.1) is 5.92 Å². The first-order valence-corrected chi connectivity index (χ1v) is 12.5. The SMILES string of the molecule is CNc1cccc(C(CC(=O)O)CC2CCN(C(=O)CCc3ccc4c(n3)NCCC4)CC2)c1. The van der Waals surface area contributed by atoms with Crippen LogP contribution < -0.4 is 10.6 Å². The van der Waals surface area contributed by atoms with Crippen LogP contribution in [0.3, 0.4) is 0 Å². The van der Waals surface area contributed by atoms with Crippen LogP contribution in [-0.4, -0.2) is 53.5 Å². The highest BCUT2D eigenvalue weighted by atomic mass is 16.4. The van der Waals surface area contributed by atoms with Crippen LogP contribution in [0.25, 0.3) is 0 Å². The summed E-state index contributed by atoms with van der Waals surface area (Å²) >= 11 is 0. The van der Waals surface area contributed by atoms with Gasteiger partial charge >= 0.3 is 5.97 Å². The van der Waals surface area contributed by atoms with Crippen molar-refractivity contribution in [3.8, 4) is 0 Å². The fraction of sp³-hybridized carbons (Fsp3) is 0.519. The number of carbonyl (C=O) groups excluding carboxylic acids is 1. The summed E-state index contributed by atoms with van der Waals surface area (Å²) in [6.07, 6.45) is 6.18. The van der Waals surface area contributed by atoms with Crippen molar-refractivity contribution in [1.29, 1.82) is 0 Å². The van der Waals surface area contributed by atoms with Crippen molar-refractivity contribution in [1.82, 2.24) is 9.88 Å². The van der Waals surface area contributed by atoms with Gasteiger partial charge in [-0.1, -0.05) is 18.2 Å². The van der Waals surface area contributed by atoms with Crippen LogP contribution in [0.15, 0.2) is 36.4 Å². The summed E-state index contributed by atoms with van der Waals surface area (Å²) in [5.41, 5.74) is 4.30. The zero-order valence-corrected chi connectivity index (χ0v) is 20.1. The molecule has 3 heterocycles. The fourth-order valence-corrected chi connectivity index (χ4v) is 5.22. The topological polar surface area (TPSA) is 94.6 Å². The maximum atomic E-state index is 12.8. The van der Waals surface area contributed by atoms with Crippen molar-refractivity contribution < 1.29 is 14.7 Å². The number of aryl methyl sites for hydroxylation is 2. The summed E-state index contributed by atoms with van der Waals surface area (Å²) < 4.78 is 0. The lowest BCUT2D eigenvalue weighted by atomic mass is 9.82. The second kappa shape index (κ2) is 11.4. The molecule has 0 radical (unpaired) electrons. The zero-order valence-electron chi connectivity index (χ0n) is 20.1. The van der Waals surface area contributed by atoms with Crippen LogP contribution in [0.4, 0.5) is 11.5 Å². The van der Waals surface area contributed by atoms with E-state index >= 15 is 0 Å². The minimum Gasteiger partial charge on any atom is -0.481 e. The number of aromatic nitrogens is 1. The summed E-state index contributed by atoms with van der Waals surface area (Å²) in [7, 11) is 1.87. The van der Waals surface area contributed by atoms with Crippen molar-refractivity contribution in [3.05, 3.63) is 53.2 Å². The zero-order chi connectivity index (χ0) is 23.9. The molecule has 2 aliphatic rings. The number of carboxylic acid groups (broad SMARTS) is 1. The minimum atomic E-state index is -0.765. The predicted octanol–water partition coefficient (Wildman–Crippen LogP) is 4.30. The number of piperidine rings is 1. The van der Waals surface area contributed by atoms with Gasteiger partial charge in [0.25, 0.3) is 0 Å². The Morgan fingerprint density at radius 3 is 2.82 bits per heavy atom. The van der Waals surface area contributed by atoms with Gasteiger partial charge in [-0.2, -0.15) is 0 Å². The molecule has 1 saturated heterocycles. The molecule has 0 aliphatic carbocycles. The van der Waals surface area contributed by atoms with E-state index in [2.05, 4.69) is 28.8 Å². The molecule has 1 amide bonds. The molecule has 1 aromatic heterocycles. The lowest BCUT2D eigenvalue weighted by molar-refractivity contribution is -0.137. The highest BCUT2D eigenvalue weighted by molar-refractivity contribution is 5.76. The first-order valence-electron chi connectivity index (χ1n) is 12.5. The normalized spacial score (nSPS) is 16.9. The molecule has 1 aromatic carbocycles. The van der Waals surface area contributed by atoms with Crippen molar-refractivity contribution in [2.24, 2.45) is 5.92 Å². The largest absolute Gasteiger partial charge is 0.481 e. The Bertz CT molecular complexity index is 1000. The molecule has 7 heteroatoms. The molecule has 7 nitrogen and oxygen atoms in total. The lowest BCUT2D eigenvalue weighted by Crippen LogP contribution is -2.39. The van der Waals surface area contributed by atoms with Gasteiger partial charge in [0.05, 0.1) is 6.42 Å². The standard InChI is InChI=1S/C27H36N4O3/c1-28-24-6-2-4-21(17-24)22(18-26(33)34)16-19-11-14-31(15-12-19)25(32)10-9-23-8-7-20-5-3-13-29-27(20)30-23/h2,4,6-8,17,19,22,28H,3,5,9-16,18H2,1H3,(H,29,30)(H,33,34). The van der Waals surface area contributed by atoms with E-state index in [1.807, 2.05) is 30.1 Å². The van der Waals surface area contributed by atoms with Gasteiger partial charge < -0.3 is 20.6 Å². The van der Waals surface area contributed by atoms with E-state index in [9.17, 15) is 14.7 Å². The van der Waals surface area contributed by atoms with Crippen molar-refractivity contribution >= 4 is 23.4 Å². The van der Waals surface area contributed by atoms with Crippen LogP contribution in [0.1, 0.15) is 61.3 Å². The Morgan fingerprint density at radius 2 is 2.06 bits per heavy atom. The third-order valence-corrected chi connectivity index (χ3v) is 7.20. The van der Waals surface area contributed by atoms with Gasteiger partial charge in [-0.15, -0.1) is 0 Å². The number of amides is 1. The Hall–Kier alpha value is -3.09. The monoisotopic (exact) mass is 464 g/mol. The molecule has 34 heavy (non-hydrogen) atoms. The number of anilines is 2. The molecule has 1 fully saturated rings. The first-order chi connectivity index (χ1) is 16.5. The Kier molecular flexibility index (Phi) is 8.03. The number of hydrogen-bond donors (Lipinski definition) is 3. The average Bonchev–Trinajstić information content (AvgIpc) is 2.87. The number of carboxylic acids is 1. The number of pyridine rings is 1. The molecule has 3 N–H and O–H groups in total. The Labute approximate surface area is 202 Å². The number of fused-ring (bicyclic) bond motifs is 1. The highest BCUT2D eigenvalue weighted by Gasteiger charge is 2.27. The van der Waals surface area contributed by atoms with E-state index in [0.717, 1.165) is 74.5 Å². The smallest absolute Gasteiger partial charge is 0.303 e. The third kappa shape index (κ3) is 6.27. The molecule has 1 atom stereocenters. The molecule has 0 bridgehead atoms. The van der Waals surface area contributed by atoms with E-state index in [-0.39, 0.29) is 18.2 Å². The first kappa shape index (κ1) is 24.0. The maximum absolute atomic E-state index is 12.8. The number of hydrogen-bond acceptors (Lipinski definition) is 5. The van der Waals surface area contributed by atoms with Gasteiger partial charge in [-0.3, -0.25) is 9.59 Å². The average molecular weight is 465 g/mol. The Balaban J connectivity index is 1.27. The van der Waals surface area contributed by atoms with E-state index in [0.29, 0.717) is 18.8 Å². The summed E-state index contributed by atoms with van der Waals surface area (Å²) in [4.78, 5) is 31.0. The van der Waals surface area contributed by atoms with Gasteiger partial charge in [-0.25, -0.2) is 4.98 Å². The third-order valence-electron chi connectivity index (χ3n) is 7.20. The van der Waals surface area contributed by atoms with Crippen molar-refractivity contribution in [3.63, 3.8) is 0 Å². The number of benzene rings is 1. The predicted molar refractivity (Wildman–Crippen MR) is 134 cm³/mol. The van der Waals surface area contributed by atoms with Gasteiger partial charge in [0.2, 0.25) is 5.91 Å². The maximum Gasteiger partial charge on any atom is 0.303 e. The summed E-state index contributed by atoms with van der Waals surface area (Å²) in [5, 5.41) is 16.0. The molecule has 2 aromatic rings. The van der Waals surface area contributed by atoms with E-state index in [4.69, 9.17) is 4.98 Å². The molecule has 4 rings (SSSR count). The summed E-state index contributed by atoms with van der Waals surface area (Å²) in [6.45, 7) is 2.46. The van der Waals surface area contributed by atoms with Crippen molar-refractivity contribution in [2.75, 3.05) is 37.3 Å². The van der Waals surface area contributed by atoms with Crippen LogP contribution in [0.5, 0.6) is 0 Å². The Morgan fingerprint density at radius 1 is 1.24 bits per heavy atom. The number of likely N-dealkylation sites (tertiary alicyclic amines) is 1. The fourth-order valence-electron chi connectivity index (χ4n) is 5.22. The molecule has 0 spiro atoms. The number of aliphatic carboxylic acids is 1. The summed E-state index contributed by atoms with van der Waals surface area (Å²) in [6, 6.07) is 12.2. The van der Waals surface area contributed by atoms with Gasteiger partial charge in [0.15, 0.2) is 0 Å². The quantitative estimate of drug-likeness (QED) is 0.512. The van der Waals surface area contributed by atoms with Crippen LogP contribution in [0.2, 0.25) is 0 Å². The molecular formula is C27H36N4O3. The second-order valence-corrected chi connectivity index (χ2v) is 9.57.